The first kappa shape index (κ1) is 70.0. The number of rotatable bonds is 12. The number of nitrogens with one attached hydrogen (secondary N) is 1. The number of nitrogens with zero attached hydrogens (tertiary/aromatic N) is 3. The summed E-state index contributed by atoms with van der Waals surface area (Å²) in [6, 6.07) is 9.32. The third-order valence-electron chi connectivity index (χ3n) is 10.1. The lowest BCUT2D eigenvalue weighted by atomic mass is 9.98. The Morgan fingerprint density at radius 2 is 1.04 bits per heavy atom. The Morgan fingerprint density at radius 1 is 0.644 bits per heavy atom. The molecule has 1 N–H and O–H groups in total. The second-order valence-corrected chi connectivity index (χ2v) is 20.0. The minimum Gasteiger partial charge on any atom is -0.497 e. The number of amides is 1. The maximum Gasteiger partial charge on any atom is 0.416 e. The van der Waals surface area contributed by atoms with Gasteiger partial charge in [-0.2, -0.15) is 13.2 Å². The summed E-state index contributed by atoms with van der Waals surface area (Å²) in [5, 5.41) is 3.98. The van der Waals surface area contributed by atoms with Crippen molar-refractivity contribution in [1.29, 1.82) is 0 Å². The number of halogens is 7. The van der Waals surface area contributed by atoms with E-state index in [2.05, 4.69) is 5.32 Å². The van der Waals surface area contributed by atoms with Gasteiger partial charge in [0.05, 0.1) is 43.9 Å². The van der Waals surface area contributed by atoms with Crippen LogP contribution in [0.4, 0.5) is 13.2 Å². The smallest absolute Gasteiger partial charge is 0.416 e. The maximum absolute atomic E-state index is 12.8. The molecule has 0 bridgehead atoms. The van der Waals surface area contributed by atoms with Crippen LogP contribution in [-0.2, 0) is 41.7 Å². The normalized spacial score (nSPS) is 10.6. The molecule has 0 aliphatic carbocycles. The second kappa shape index (κ2) is 33.0. The molecule has 408 valence electrons. The van der Waals surface area contributed by atoms with Crippen molar-refractivity contribution in [2.75, 3.05) is 14.2 Å². The number of methoxy groups -OCH3 is 1. The van der Waals surface area contributed by atoms with Gasteiger partial charge in [-0.3, -0.25) is 28.5 Å². The molecule has 2 aromatic carbocycles. The quantitative estimate of drug-likeness (QED) is 0.135. The van der Waals surface area contributed by atoms with Gasteiger partial charge in [0.2, 0.25) is 5.91 Å². The van der Waals surface area contributed by atoms with Crippen molar-refractivity contribution in [2.24, 2.45) is 33.0 Å². The summed E-state index contributed by atoms with van der Waals surface area (Å²) in [5.74, 6) is 0.955. The van der Waals surface area contributed by atoms with Gasteiger partial charge in [0, 0.05) is 76.4 Å². The number of benzene rings is 2. The Kier molecular flexibility index (Phi) is 31.7. The number of alkyl halides is 3. The standard InChI is InChI=1S/C12H14Cl2O2.C11H12Cl2O.C11H14F3NO.C10H16N2O2.C6H11NO2.C3H6O/c1-7(2)4-11(15)12-9(13)5-8(16-3)6-10(12)14;1-7(2)6-10(14)11-8(12)4-3-5-9(11)13;1-6(2)9-8(11(12,13)14)5-7(3)15(4)10(9)16;1-6(2)8-7(3)11(4)10(14)12(5)9(8)13;1-5(8)3-4-6(9)7-2;1-3(2)4/h5-7H,4H2,1-3H3;3-5,7H,6H2,1-2H3;5-6H,1-4H3;6H,1-5H3;3-4H2,1-2H3,(H,7,9);1-2H3. The molecule has 1 amide bonds. The number of Topliss-reactive ketones (excluding diaryl/α,β-unsaturated/α-hetero) is 4. The minimum absolute atomic E-state index is 0.00981. The van der Waals surface area contributed by atoms with Gasteiger partial charge in [-0.25, -0.2) is 4.79 Å². The first-order chi connectivity index (χ1) is 33.4. The molecule has 73 heavy (non-hydrogen) atoms. The lowest BCUT2D eigenvalue weighted by molar-refractivity contribution is -0.138. The lowest BCUT2D eigenvalue weighted by Gasteiger charge is -2.17. The van der Waals surface area contributed by atoms with E-state index in [1.165, 1.54) is 58.0 Å². The number of carbonyl (C=O) groups excluding carboxylic acids is 5. The molecule has 0 unspecified atom stereocenters. The Labute approximate surface area is 447 Å². The lowest BCUT2D eigenvalue weighted by Crippen LogP contribution is -2.40. The average Bonchev–Trinajstić information content (AvgIpc) is 3.25. The van der Waals surface area contributed by atoms with Crippen molar-refractivity contribution in [1.82, 2.24) is 19.0 Å². The third kappa shape index (κ3) is 24.2. The highest BCUT2D eigenvalue weighted by Crippen LogP contribution is 2.34. The van der Waals surface area contributed by atoms with Crippen molar-refractivity contribution in [3.05, 3.63) is 127 Å². The van der Waals surface area contributed by atoms with Crippen LogP contribution in [0.2, 0.25) is 20.1 Å². The van der Waals surface area contributed by atoms with Crippen LogP contribution in [-0.4, -0.2) is 56.9 Å². The van der Waals surface area contributed by atoms with Crippen molar-refractivity contribution in [2.45, 2.75) is 134 Å². The molecule has 0 aliphatic rings. The first-order valence-electron chi connectivity index (χ1n) is 23.2. The molecule has 20 heteroatoms. The molecule has 4 rings (SSSR count). The molecule has 0 fully saturated rings. The van der Waals surface area contributed by atoms with Gasteiger partial charge in [0.15, 0.2) is 11.6 Å². The van der Waals surface area contributed by atoms with Crippen molar-refractivity contribution < 1.29 is 41.9 Å². The topological polar surface area (TPSA) is 173 Å². The fraction of sp³-hybridized carbons (Fsp3) is 0.509. The van der Waals surface area contributed by atoms with Crippen LogP contribution in [0, 0.1) is 25.7 Å². The van der Waals surface area contributed by atoms with E-state index in [0.29, 0.717) is 74.3 Å². The Balaban J connectivity index is 0. The SMILES string of the molecule is CC(C)=O.CC(C)CC(=O)c1c(Cl)cccc1Cl.CNC(=O)CCC(C)=O.COc1cc(Cl)c(C(=O)CC(C)C)c(Cl)c1.Cc1c(C(C)C)c(=O)n(C)c(=O)n1C.Cc1cc(C(F)(F)F)c(C(C)C)c(=O)n1C. The van der Waals surface area contributed by atoms with Crippen LogP contribution in [0.1, 0.15) is 162 Å². The van der Waals surface area contributed by atoms with Gasteiger partial charge in [-0.05, 0) is 88.6 Å². The summed E-state index contributed by atoms with van der Waals surface area (Å²) in [6.07, 6.45) is -2.90. The summed E-state index contributed by atoms with van der Waals surface area (Å²) in [4.78, 5) is 88.8. The summed E-state index contributed by atoms with van der Waals surface area (Å²) in [7, 11) is 7.75. The number of aryl methyl sites for hydroxylation is 1. The van der Waals surface area contributed by atoms with Crippen molar-refractivity contribution in [3.63, 3.8) is 0 Å². The van der Waals surface area contributed by atoms with Gasteiger partial charge in [0.25, 0.3) is 11.1 Å². The molecular formula is C53H73Cl4F3N4O9. The zero-order chi connectivity index (χ0) is 57.6. The Bertz CT molecular complexity index is 2660. The molecular weight excluding hydrogens is 1040 g/mol. The summed E-state index contributed by atoms with van der Waals surface area (Å²) >= 11 is 23.8. The monoisotopic (exact) mass is 1110 g/mol. The molecule has 0 saturated carbocycles. The number of hydrogen-bond acceptors (Lipinski definition) is 9. The van der Waals surface area contributed by atoms with E-state index in [1.807, 2.05) is 41.5 Å². The number of aromatic nitrogens is 3. The van der Waals surface area contributed by atoms with Crippen molar-refractivity contribution >= 4 is 75.4 Å². The molecule has 2 aromatic heterocycles. The number of carbonyl (C=O) groups is 5. The minimum atomic E-state index is -4.47. The van der Waals surface area contributed by atoms with Crippen LogP contribution in [0.5, 0.6) is 5.75 Å². The highest BCUT2D eigenvalue weighted by atomic mass is 35.5. The number of ether oxygens (including phenoxy) is 1. The predicted octanol–water partition coefficient (Wildman–Crippen LogP) is 12.5. The first-order valence-corrected chi connectivity index (χ1v) is 24.7. The summed E-state index contributed by atoms with van der Waals surface area (Å²) in [6.45, 7) is 22.8. The van der Waals surface area contributed by atoms with Gasteiger partial charge in [-0.15, -0.1) is 0 Å². The van der Waals surface area contributed by atoms with Crippen molar-refractivity contribution in [3.8, 4) is 5.75 Å². The van der Waals surface area contributed by atoms with Crippen LogP contribution in [0.25, 0.3) is 0 Å². The fourth-order valence-corrected chi connectivity index (χ4v) is 7.61. The van der Waals surface area contributed by atoms with E-state index in [4.69, 9.17) is 51.1 Å². The Hall–Kier alpha value is -5.03. The van der Waals surface area contributed by atoms with Gasteiger partial charge in [0.1, 0.15) is 17.3 Å². The fourth-order valence-electron chi connectivity index (χ4n) is 6.33. The number of ketones is 4. The number of pyridine rings is 1. The average molecular weight is 1110 g/mol. The van der Waals surface area contributed by atoms with E-state index in [9.17, 15) is 51.5 Å². The molecule has 4 aromatic rings. The third-order valence-corrected chi connectivity index (χ3v) is 11.3. The van der Waals surface area contributed by atoms with E-state index < -0.39 is 23.2 Å². The van der Waals surface area contributed by atoms with E-state index in [-0.39, 0.29) is 57.7 Å². The highest BCUT2D eigenvalue weighted by molar-refractivity contribution is 6.40. The van der Waals surface area contributed by atoms with Crippen LogP contribution >= 0.6 is 46.4 Å². The largest absolute Gasteiger partial charge is 0.497 e. The Morgan fingerprint density at radius 3 is 1.38 bits per heavy atom. The van der Waals surface area contributed by atoms with Gasteiger partial charge < -0.3 is 28.8 Å². The second-order valence-electron chi connectivity index (χ2n) is 18.4. The number of hydrogen-bond donors (Lipinski definition) is 1. The van der Waals surface area contributed by atoms with Crippen LogP contribution < -0.4 is 26.9 Å². The summed E-state index contributed by atoms with van der Waals surface area (Å²) < 4.78 is 47.2. The molecule has 13 nitrogen and oxygen atoms in total. The molecule has 0 aliphatic heterocycles. The zero-order valence-corrected chi connectivity index (χ0v) is 48.3. The molecule has 0 atom stereocenters. The predicted molar refractivity (Wildman–Crippen MR) is 289 cm³/mol. The molecule has 0 saturated heterocycles. The highest BCUT2D eigenvalue weighted by Gasteiger charge is 2.36. The molecule has 0 spiro atoms. The maximum atomic E-state index is 12.8. The molecule has 0 radical (unpaired) electrons. The van der Waals surface area contributed by atoms with Crippen LogP contribution in [0.3, 0.4) is 0 Å². The van der Waals surface area contributed by atoms with E-state index in [1.54, 1.807) is 65.2 Å². The van der Waals surface area contributed by atoms with E-state index in [0.717, 1.165) is 21.9 Å². The molecule has 2 heterocycles. The van der Waals surface area contributed by atoms with Gasteiger partial charge in [-0.1, -0.05) is 108 Å². The van der Waals surface area contributed by atoms with Crippen LogP contribution in [0.15, 0.2) is 50.8 Å². The van der Waals surface area contributed by atoms with E-state index >= 15 is 0 Å². The zero-order valence-electron chi connectivity index (χ0n) is 45.3. The van der Waals surface area contributed by atoms with Gasteiger partial charge >= 0.3 is 11.9 Å². The summed E-state index contributed by atoms with van der Waals surface area (Å²) in [5.41, 5.74) is 0.621.